The summed E-state index contributed by atoms with van der Waals surface area (Å²) >= 11 is 7.05. The van der Waals surface area contributed by atoms with Gasteiger partial charge in [0.25, 0.3) is 5.91 Å². The molecule has 4 rings (SSSR count). The number of nitrogens with one attached hydrogen (secondary N) is 2. The van der Waals surface area contributed by atoms with Gasteiger partial charge in [0.05, 0.1) is 46.9 Å². The van der Waals surface area contributed by atoms with Crippen LogP contribution in [-0.4, -0.2) is 39.4 Å². The second-order valence-electron chi connectivity index (χ2n) is 8.87. The highest BCUT2D eigenvalue weighted by molar-refractivity contribution is 7.99. The molecule has 0 radical (unpaired) electrons. The summed E-state index contributed by atoms with van der Waals surface area (Å²) in [5.41, 5.74) is 1.97. The number of para-hydroxylation sites is 1. The third kappa shape index (κ3) is 7.01. The van der Waals surface area contributed by atoms with E-state index in [1.807, 2.05) is 32.0 Å². The Morgan fingerprint density at radius 3 is 2.54 bits per heavy atom. The fourth-order valence-corrected chi connectivity index (χ4v) is 4.86. The molecule has 2 N–H and O–H groups in total. The molecule has 0 saturated carbocycles. The van der Waals surface area contributed by atoms with Crippen molar-refractivity contribution >= 4 is 40.9 Å². The lowest BCUT2D eigenvalue weighted by Gasteiger charge is -2.15. The Morgan fingerprint density at radius 1 is 1.05 bits per heavy atom. The molecule has 1 heterocycles. The first-order valence-electron chi connectivity index (χ1n) is 12.2. The zero-order valence-electron chi connectivity index (χ0n) is 22.2. The molecule has 0 atom stereocenters. The molecule has 4 aromatic rings. The van der Waals surface area contributed by atoms with Crippen LogP contribution >= 0.6 is 23.4 Å². The van der Waals surface area contributed by atoms with E-state index < -0.39 is 17.6 Å². The SMILES string of the molecule is COc1ccccc1C(=O)NCc1nnc(SCC(=O)Nc2cc(C(F)(F)F)ccc2Cl)n1-c1cccc(C)c1C. The molecule has 2 amide bonds. The summed E-state index contributed by atoms with van der Waals surface area (Å²) < 4.78 is 46.3. The quantitative estimate of drug-likeness (QED) is 0.220. The highest BCUT2D eigenvalue weighted by Crippen LogP contribution is 2.34. The molecule has 0 aliphatic rings. The summed E-state index contributed by atoms with van der Waals surface area (Å²) in [5, 5.41) is 14.1. The number of aromatic nitrogens is 3. The van der Waals surface area contributed by atoms with Crippen molar-refractivity contribution in [3.63, 3.8) is 0 Å². The van der Waals surface area contributed by atoms with E-state index in [0.717, 1.165) is 46.8 Å². The molecule has 0 fully saturated rings. The van der Waals surface area contributed by atoms with E-state index in [4.69, 9.17) is 16.3 Å². The molecular formula is C28H25ClF3N5O3S. The van der Waals surface area contributed by atoms with Crippen LogP contribution in [0, 0.1) is 13.8 Å². The van der Waals surface area contributed by atoms with Gasteiger partial charge >= 0.3 is 6.18 Å². The highest BCUT2D eigenvalue weighted by Gasteiger charge is 2.31. The number of alkyl halides is 3. The molecule has 41 heavy (non-hydrogen) atoms. The van der Waals surface area contributed by atoms with Crippen molar-refractivity contribution in [1.82, 2.24) is 20.1 Å². The number of benzene rings is 3. The average Bonchev–Trinajstić information content (AvgIpc) is 3.35. The summed E-state index contributed by atoms with van der Waals surface area (Å²) in [5.74, 6) is -0.319. The van der Waals surface area contributed by atoms with Gasteiger partial charge in [-0.05, 0) is 61.4 Å². The Hall–Kier alpha value is -4.03. The Morgan fingerprint density at radius 2 is 1.80 bits per heavy atom. The molecule has 3 aromatic carbocycles. The van der Waals surface area contributed by atoms with Crippen LogP contribution < -0.4 is 15.4 Å². The Labute approximate surface area is 243 Å². The van der Waals surface area contributed by atoms with Crippen molar-refractivity contribution in [2.24, 2.45) is 0 Å². The largest absolute Gasteiger partial charge is 0.496 e. The molecule has 0 unspecified atom stereocenters. The maximum Gasteiger partial charge on any atom is 0.416 e. The van der Waals surface area contributed by atoms with Gasteiger partial charge in [-0.1, -0.05) is 47.6 Å². The summed E-state index contributed by atoms with van der Waals surface area (Å²) in [6, 6.07) is 15.2. The van der Waals surface area contributed by atoms with E-state index >= 15 is 0 Å². The third-order valence-corrected chi connectivity index (χ3v) is 7.43. The lowest BCUT2D eigenvalue weighted by molar-refractivity contribution is -0.137. The van der Waals surface area contributed by atoms with Crippen LogP contribution in [0.4, 0.5) is 18.9 Å². The standard InChI is InChI=1S/C28H25ClF3N5O3S/c1-16-7-6-9-22(17(16)2)37-24(14-33-26(39)19-8-4-5-10-23(19)40-3)35-36-27(37)41-15-25(38)34-21-13-18(28(30,31)32)11-12-20(21)29/h4-13H,14-15H2,1-3H3,(H,33,39)(H,34,38). The van der Waals surface area contributed by atoms with Crippen molar-refractivity contribution in [3.8, 4) is 11.4 Å². The number of anilines is 1. The van der Waals surface area contributed by atoms with E-state index in [1.54, 1.807) is 28.8 Å². The van der Waals surface area contributed by atoms with Gasteiger partial charge in [0.15, 0.2) is 11.0 Å². The van der Waals surface area contributed by atoms with Gasteiger partial charge in [-0.2, -0.15) is 13.2 Å². The maximum atomic E-state index is 13.1. The number of carbonyl (C=O) groups is 2. The van der Waals surface area contributed by atoms with Crippen LogP contribution in [0.15, 0.2) is 65.8 Å². The van der Waals surface area contributed by atoms with E-state index in [0.29, 0.717) is 22.3 Å². The number of aryl methyl sites for hydroxylation is 1. The number of thioether (sulfide) groups is 1. The molecule has 0 bridgehead atoms. The van der Waals surface area contributed by atoms with E-state index in [-0.39, 0.29) is 28.9 Å². The predicted molar refractivity (Wildman–Crippen MR) is 151 cm³/mol. The number of amides is 2. The minimum absolute atomic E-state index is 0.0177. The number of methoxy groups -OCH3 is 1. The van der Waals surface area contributed by atoms with Gasteiger partial charge in [-0.15, -0.1) is 10.2 Å². The minimum atomic E-state index is -4.58. The molecule has 214 valence electrons. The topological polar surface area (TPSA) is 98.1 Å². The number of rotatable bonds is 9. The van der Waals surface area contributed by atoms with Gasteiger partial charge in [0, 0.05) is 0 Å². The van der Waals surface area contributed by atoms with Crippen LogP contribution in [0.25, 0.3) is 5.69 Å². The number of nitrogens with zero attached hydrogens (tertiary/aromatic N) is 3. The summed E-state index contributed by atoms with van der Waals surface area (Å²) in [6.45, 7) is 3.90. The smallest absolute Gasteiger partial charge is 0.416 e. The second-order valence-corrected chi connectivity index (χ2v) is 10.2. The van der Waals surface area contributed by atoms with Crippen molar-refractivity contribution in [2.45, 2.75) is 31.7 Å². The second kappa shape index (κ2) is 12.6. The molecule has 0 aliphatic heterocycles. The summed E-state index contributed by atoms with van der Waals surface area (Å²) in [6.07, 6.45) is -4.58. The first-order valence-corrected chi connectivity index (χ1v) is 13.6. The van der Waals surface area contributed by atoms with Gasteiger partial charge in [0.2, 0.25) is 5.91 Å². The lowest BCUT2D eigenvalue weighted by atomic mass is 10.1. The fraction of sp³-hybridized carbons (Fsp3) is 0.214. The number of carbonyl (C=O) groups excluding carboxylic acids is 2. The molecule has 0 aliphatic carbocycles. The highest BCUT2D eigenvalue weighted by atomic mass is 35.5. The predicted octanol–water partition coefficient (Wildman–Crippen LogP) is 6.23. The Bertz CT molecular complexity index is 1590. The number of hydrogen-bond donors (Lipinski definition) is 2. The monoisotopic (exact) mass is 603 g/mol. The Kier molecular flexibility index (Phi) is 9.24. The molecular weight excluding hydrogens is 579 g/mol. The van der Waals surface area contributed by atoms with Crippen molar-refractivity contribution in [1.29, 1.82) is 0 Å². The first kappa shape index (κ1) is 29.9. The fourth-order valence-electron chi connectivity index (χ4n) is 3.93. The van der Waals surface area contributed by atoms with E-state index in [2.05, 4.69) is 20.8 Å². The van der Waals surface area contributed by atoms with Crippen molar-refractivity contribution < 1.29 is 27.5 Å². The summed E-state index contributed by atoms with van der Waals surface area (Å²) in [7, 11) is 1.48. The van der Waals surface area contributed by atoms with Gasteiger partial charge < -0.3 is 15.4 Å². The number of hydrogen-bond acceptors (Lipinski definition) is 6. The van der Waals surface area contributed by atoms with Gasteiger partial charge in [-0.3, -0.25) is 14.2 Å². The normalized spacial score (nSPS) is 11.3. The zero-order valence-corrected chi connectivity index (χ0v) is 23.7. The molecule has 1 aromatic heterocycles. The Balaban J connectivity index is 1.56. The third-order valence-electron chi connectivity index (χ3n) is 6.18. The van der Waals surface area contributed by atoms with Crippen molar-refractivity contribution in [3.05, 3.63) is 93.8 Å². The summed E-state index contributed by atoms with van der Waals surface area (Å²) in [4.78, 5) is 25.6. The molecule has 0 saturated heterocycles. The van der Waals surface area contributed by atoms with E-state index in [9.17, 15) is 22.8 Å². The van der Waals surface area contributed by atoms with Crippen LogP contribution in [-0.2, 0) is 17.5 Å². The lowest BCUT2D eigenvalue weighted by Crippen LogP contribution is -2.25. The maximum absolute atomic E-state index is 13.1. The van der Waals surface area contributed by atoms with E-state index in [1.165, 1.54) is 7.11 Å². The zero-order chi connectivity index (χ0) is 29.7. The molecule has 8 nitrogen and oxygen atoms in total. The molecule has 13 heteroatoms. The van der Waals surface area contributed by atoms with Crippen LogP contribution in [0.5, 0.6) is 5.75 Å². The van der Waals surface area contributed by atoms with Crippen molar-refractivity contribution in [2.75, 3.05) is 18.2 Å². The number of halogens is 4. The average molecular weight is 604 g/mol. The number of ether oxygens (including phenoxy) is 1. The minimum Gasteiger partial charge on any atom is -0.496 e. The van der Waals surface area contributed by atoms with Gasteiger partial charge in [-0.25, -0.2) is 0 Å². The van der Waals surface area contributed by atoms with Crippen LogP contribution in [0.3, 0.4) is 0 Å². The first-order chi connectivity index (χ1) is 19.5. The van der Waals surface area contributed by atoms with Crippen LogP contribution in [0.1, 0.15) is 32.9 Å². The molecule has 0 spiro atoms. The van der Waals surface area contributed by atoms with Gasteiger partial charge in [0.1, 0.15) is 5.75 Å². The van der Waals surface area contributed by atoms with Crippen LogP contribution in [0.2, 0.25) is 5.02 Å².